The van der Waals surface area contributed by atoms with Gasteiger partial charge in [-0.3, -0.25) is 0 Å². The molecule has 0 radical (unpaired) electrons. The average Bonchev–Trinajstić information content (AvgIpc) is 3.04. The summed E-state index contributed by atoms with van der Waals surface area (Å²) in [5, 5.41) is 0. The molecule has 0 heteroatoms. The highest BCUT2D eigenvalue weighted by Crippen LogP contribution is 2.58. The predicted octanol–water partition coefficient (Wildman–Crippen LogP) is 7.13. The van der Waals surface area contributed by atoms with E-state index in [-0.39, 0.29) is 0 Å². The Morgan fingerprint density at radius 3 is 1.57 bits per heavy atom. The first kappa shape index (κ1) is 16.6. The van der Waals surface area contributed by atoms with E-state index < -0.39 is 0 Å². The van der Waals surface area contributed by atoms with Crippen LogP contribution >= 0.6 is 0 Å². The molecule has 2 aliphatic carbocycles. The van der Waals surface area contributed by atoms with Gasteiger partial charge < -0.3 is 0 Å². The summed E-state index contributed by atoms with van der Waals surface area (Å²) in [6.07, 6.45) is 18.0. The normalized spacial score (nSPS) is 20.4. The van der Waals surface area contributed by atoms with Gasteiger partial charge in [-0.05, 0) is 49.7 Å². The van der Waals surface area contributed by atoms with Crippen molar-refractivity contribution in [3.05, 3.63) is 34.4 Å². The van der Waals surface area contributed by atoms with Crippen LogP contribution in [0.3, 0.4) is 0 Å². The van der Waals surface area contributed by atoms with E-state index >= 15 is 0 Å². The highest BCUT2D eigenvalue weighted by Gasteiger charge is 2.43. The van der Waals surface area contributed by atoms with Crippen LogP contribution in [0.25, 0.3) is 0 Å². The van der Waals surface area contributed by atoms with E-state index in [9.17, 15) is 0 Å². The number of hydrogen-bond donors (Lipinski definition) is 0. The average molecular weight is 287 g/mol. The third-order valence-corrected chi connectivity index (χ3v) is 5.28. The number of hydrogen-bond acceptors (Lipinski definition) is 0. The van der Waals surface area contributed by atoms with E-state index in [0.717, 1.165) is 0 Å². The summed E-state index contributed by atoms with van der Waals surface area (Å²) in [5.74, 6) is 0. The lowest BCUT2D eigenvalue weighted by molar-refractivity contribution is 0.495. The Morgan fingerprint density at radius 2 is 1.24 bits per heavy atom. The first-order valence-electron chi connectivity index (χ1n) is 9.38. The van der Waals surface area contributed by atoms with Crippen molar-refractivity contribution in [1.82, 2.24) is 0 Å². The van der Waals surface area contributed by atoms with Gasteiger partial charge in [0, 0.05) is 5.41 Å². The molecule has 0 N–H and O–H groups in total. The molecule has 0 aromatic carbocycles. The lowest BCUT2D eigenvalue weighted by Crippen LogP contribution is -2.19. The molecule has 0 bridgehead atoms. The lowest BCUT2D eigenvalue weighted by atomic mass is 9.72. The van der Waals surface area contributed by atoms with E-state index in [0.29, 0.717) is 5.41 Å². The van der Waals surface area contributed by atoms with Gasteiger partial charge >= 0.3 is 0 Å². The zero-order valence-corrected chi connectivity index (χ0v) is 14.7. The largest absolute Gasteiger partial charge is 0.0873 e. The van der Waals surface area contributed by atoms with Gasteiger partial charge in [-0.15, -0.1) is 0 Å². The SMILES string of the molecule is CCCC1=C(CCC)C2(C=CCC2)C(CCC)=C1CCC. The van der Waals surface area contributed by atoms with Crippen LogP contribution in [-0.2, 0) is 0 Å². The zero-order chi connectivity index (χ0) is 15.3. The Bertz CT molecular complexity index is 413. The Balaban J connectivity index is 2.54. The fourth-order valence-electron chi connectivity index (χ4n) is 4.62. The van der Waals surface area contributed by atoms with Crippen molar-refractivity contribution in [3.8, 4) is 0 Å². The van der Waals surface area contributed by atoms with Crippen molar-refractivity contribution in [2.75, 3.05) is 0 Å². The van der Waals surface area contributed by atoms with Crippen molar-refractivity contribution >= 4 is 0 Å². The summed E-state index contributed by atoms with van der Waals surface area (Å²) < 4.78 is 0. The molecule has 0 aliphatic heterocycles. The molecule has 0 aromatic heterocycles. The van der Waals surface area contributed by atoms with Crippen molar-refractivity contribution < 1.29 is 0 Å². The summed E-state index contributed by atoms with van der Waals surface area (Å²) >= 11 is 0. The van der Waals surface area contributed by atoms with Crippen molar-refractivity contribution in [2.45, 2.75) is 91.9 Å². The first-order chi connectivity index (χ1) is 10.2. The number of allylic oxidation sites excluding steroid dienone is 6. The Labute approximate surface area is 132 Å². The molecule has 0 unspecified atom stereocenters. The van der Waals surface area contributed by atoms with Crippen molar-refractivity contribution in [2.24, 2.45) is 5.41 Å². The molecule has 2 rings (SSSR count). The van der Waals surface area contributed by atoms with Gasteiger partial charge in [0.25, 0.3) is 0 Å². The summed E-state index contributed by atoms with van der Waals surface area (Å²) in [6.45, 7) is 9.38. The molecule has 21 heavy (non-hydrogen) atoms. The van der Waals surface area contributed by atoms with Gasteiger partial charge in [-0.2, -0.15) is 0 Å². The second-order valence-electron chi connectivity index (χ2n) is 6.83. The van der Waals surface area contributed by atoms with Crippen LogP contribution in [0.1, 0.15) is 91.9 Å². The van der Waals surface area contributed by atoms with Crippen LogP contribution in [0.5, 0.6) is 0 Å². The molecule has 0 saturated carbocycles. The second kappa shape index (κ2) is 7.47. The van der Waals surface area contributed by atoms with E-state index in [2.05, 4.69) is 39.8 Å². The molecule has 0 amide bonds. The highest BCUT2D eigenvalue weighted by molar-refractivity contribution is 5.57. The standard InChI is InChI=1S/C21H34/c1-5-11-17-18(12-6-2)20(14-8-4)21(15-9-10-16-21)19(17)13-7-3/h9,15H,5-8,10-14,16H2,1-4H3. The maximum absolute atomic E-state index is 2.58. The fraction of sp³-hybridized carbons (Fsp3) is 0.714. The molecule has 0 saturated heterocycles. The van der Waals surface area contributed by atoms with Crippen molar-refractivity contribution in [3.63, 3.8) is 0 Å². The maximum atomic E-state index is 2.58. The van der Waals surface area contributed by atoms with Gasteiger partial charge in [-0.1, -0.05) is 76.7 Å². The Morgan fingerprint density at radius 1 is 0.762 bits per heavy atom. The lowest BCUT2D eigenvalue weighted by Gasteiger charge is -2.31. The fourth-order valence-corrected chi connectivity index (χ4v) is 4.62. The zero-order valence-electron chi connectivity index (χ0n) is 14.7. The molecule has 0 fully saturated rings. The minimum atomic E-state index is 0.348. The molecular weight excluding hydrogens is 252 g/mol. The quantitative estimate of drug-likeness (QED) is 0.416. The topological polar surface area (TPSA) is 0 Å². The minimum Gasteiger partial charge on any atom is -0.0873 e. The molecule has 0 atom stereocenters. The highest BCUT2D eigenvalue weighted by atomic mass is 14.5. The Hall–Kier alpha value is -0.780. The molecule has 0 aromatic rings. The second-order valence-corrected chi connectivity index (χ2v) is 6.83. The van der Waals surface area contributed by atoms with Crippen LogP contribution in [-0.4, -0.2) is 0 Å². The molecule has 2 aliphatic rings. The molecule has 0 heterocycles. The number of rotatable bonds is 8. The van der Waals surface area contributed by atoms with Crippen LogP contribution in [0.2, 0.25) is 0 Å². The van der Waals surface area contributed by atoms with Gasteiger partial charge in [0.2, 0.25) is 0 Å². The van der Waals surface area contributed by atoms with E-state index in [1.54, 1.807) is 11.1 Å². The first-order valence-corrected chi connectivity index (χ1v) is 9.38. The monoisotopic (exact) mass is 286 g/mol. The van der Waals surface area contributed by atoms with Crippen LogP contribution in [0, 0.1) is 5.41 Å². The minimum absolute atomic E-state index is 0.348. The molecular formula is C21H34. The third-order valence-electron chi connectivity index (χ3n) is 5.28. The van der Waals surface area contributed by atoms with Crippen LogP contribution in [0.4, 0.5) is 0 Å². The summed E-state index contributed by atoms with van der Waals surface area (Å²) in [4.78, 5) is 0. The van der Waals surface area contributed by atoms with Gasteiger partial charge in [0.05, 0.1) is 0 Å². The summed E-state index contributed by atoms with van der Waals surface area (Å²) in [7, 11) is 0. The van der Waals surface area contributed by atoms with Gasteiger partial charge in [0.1, 0.15) is 0 Å². The molecule has 1 spiro atoms. The maximum Gasteiger partial charge on any atom is 0.0315 e. The predicted molar refractivity (Wildman–Crippen MR) is 94.5 cm³/mol. The van der Waals surface area contributed by atoms with Gasteiger partial charge in [-0.25, -0.2) is 0 Å². The Kier molecular flexibility index (Phi) is 5.90. The van der Waals surface area contributed by atoms with Gasteiger partial charge in [0.15, 0.2) is 0 Å². The molecule has 118 valence electrons. The van der Waals surface area contributed by atoms with E-state index in [4.69, 9.17) is 0 Å². The van der Waals surface area contributed by atoms with Crippen LogP contribution in [0.15, 0.2) is 34.4 Å². The summed E-state index contributed by atoms with van der Waals surface area (Å²) in [5.41, 5.74) is 7.52. The van der Waals surface area contributed by atoms with Crippen molar-refractivity contribution in [1.29, 1.82) is 0 Å². The smallest absolute Gasteiger partial charge is 0.0315 e. The summed E-state index contributed by atoms with van der Waals surface area (Å²) in [6, 6.07) is 0. The van der Waals surface area contributed by atoms with Crippen LogP contribution < -0.4 is 0 Å². The third kappa shape index (κ3) is 2.91. The van der Waals surface area contributed by atoms with E-state index in [1.165, 1.54) is 64.2 Å². The molecule has 0 nitrogen and oxygen atoms in total. The van der Waals surface area contributed by atoms with E-state index in [1.807, 2.05) is 11.1 Å².